The number of amides is 1. The molecule has 0 aromatic heterocycles. The second kappa shape index (κ2) is 8.65. The van der Waals surface area contributed by atoms with Crippen molar-refractivity contribution < 1.29 is 27.4 Å². The zero-order valence-corrected chi connectivity index (χ0v) is 15.8. The molecule has 1 saturated heterocycles. The van der Waals surface area contributed by atoms with Crippen molar-refractivity contribution in [3.8, 4) is 11.5 Å². The summed E-state index contributed by atoms with van der Waals surface area (Å²) in [5.41, 5.74) is 0. The zero-order chi connectivity index (χ0) is 19.4. The van der Waals surface area contributed by atoms with E-state index in [4.69, 9.17) is 9.47 Å². The lowest BCUT2D eigenvalue weighted by atomic mass is 10.1. The molecule has 1 aliphatic rings. The van der Waals surface area contributed by atoms with E-state index >= 15 is 0 Å². The smallest absolute Gasteiger partial charge is 0.260 e. The summed E-state index contributed by atoms with van der Waals surface area (Å²) in [6.45, 7) is 0.563. The number of halogens is 4. The molecular weight excluding hydrogens is 427 g/mol. The Morgan fingerprint density at radius 2 is 1.70 bits per heavy atom. The van der Waals surface area contributed by atoms with Crippen LogP contribution in [0.25, 0.3) is 0 Å². The number of benzene rings is 2. The summed E-state index contributed by atoms with van der Waals surface area (Å²) in [7, 11) is 0. The van der Waals surface area contributed by atoms with Gasteiger partial charge < -0.3 is 14.4 Å². The van der Waals surface area contributed by atoms with E-state index in [-0.39, 0.29) is 30.1 Å². The number of piperidine rings is 1. The highest BCUT2D eigenvalue weighted by molar-refractivity contribution is 9.10. The summed E-state index contributed by atoms with van der Waals surface area (Å²) in [6.07, 6.45) is 0.753. The van der Waals surface area contributed by atoms with Gasteiger partial charge in [-0.25, -0.2) is 13.2 Å². The molecule has 0 saturated carbocycles. The molecule has 4 nitrogen and oxygen atoms in total. The van der Waals surface area contributed by atoms with Crippen molar-refractivity contribution in [2.75, 3.05) is 19.7 Å². The van der Waals surface area contributed by atoms with E-state index < -0.39 is 17.5 Å². The number of hydrogen-bond donors (Lipinski definition) is 0. The van der Waals surface area contributed by atoms with Crippen molar-refractivity contribution >= 4 is 21.8 Å². The summed E-state index contributed by atoms with van der Waals surface area (Å²) < 4.78 is 51.7. The molecule has 0 aliphatic carbocycles. The second-order valence-corrected chi connectivity index (χ2v) is 7.05. The van der Waals surface area contributed by atoms with Crippen molar-refractivity contribution in [3.05, 3.63) is 58.3 Å². The fraction of sp³-hybridized carbons (Fsp3) is 0.316. The minimum absolute atomic E-state index is 0.00442. The van der Waals surface area contributed by atoms with Gasteiger partial charge in [0.15, 0.2) is 29.7 Å². The van der Waals surface area contributed by atoms with Gasteiger partial charge in [0.2, 0.25) is 0 Å². The average Bonchev–Trinajstić information content (AvgIpc) is 2.64. The van der Waals surface area contributed by atoms with Gasteiger partial charge in [0, 0.05) is 36.5 Å². The Morgan fingerprint density at radius 3 is 2.37 bits per heavy atom. The molecule has 0 N–H and O–H groups in total. The molecule has 2 aromatic carbocycles. The lowest BCUT2D eigenvalue weighted by Crippen LogP contribution is -2.43. The normalized spacial score (nSPS) is 14.9. The van der Waals surface area contributed by atoms with E-state index in [0.29, 0.717) is 30.4 Å². The number of rotatable bonds is 5. The topological polar surface area (TPSA) is 38.8 Å². The van der Waals surface area contributed by atoms with Crippen LogP contribution >= 0.6 is 15.9 Å². The SMILES string of the molecule is O=C(COc1ccc(Br)cc1F)N1CCC(Oc2ccc(F)cc2F)CC1. The lowest BCUT2D eigenvalue weighted by molar-refractivity contribution is -0.135. The first kappa shape index (κ1) is 19.5. The fourth-order valence-electron chi connectivity index (χ4n) is 2.80. The molecule has 27 heavy (non-hydrogen) atoms. The Hall–Kier alpha value is -2.22. The largest absolute Gasteiger partial charge is 0.487 e. The first-order valence-corrected chi connectivity index (χ1v) is 9.19. The van der Waals surface area contributed by atoms with Crippen molar-refractivity contribution in [2.45, 2.75) is 18.9 Å². The highest BCUT2D eigenvalue weighted by Gasteiger charge is 2.25. The van der Waals surface area contributed by atoms with E-state index in [1.54, 1.807) is 11.0 Å². The third-order valence-electron chi connectivity index (χ3n) is 4.23. The standard InChI is InChI=1S/C19H17BrF3NO3/c20-12-1-3-17(15(22)9-12)26-11-19(25)24-7-5-14(6-8-24)27-18-4-2-13(21)10-16(18)23/h1-4,9-10,14H,5-8,11H2. The van der Waals surface area contributed by atoms with Crippen molar-refractivity contribution in [2.24, 2.45) is 0 Å². The van der Waals surface area contributed by atoms with Gasteiger partial charge in [-0.1, -0.05) is 15.9 Å². The van der Waals surface area contributed by atoms with Gasteiger partial charge in [-0.15, -0.1) is 0 Å². The van der Waals surface area contributed by atoms with Crippen LogP contribution in [0.4, 0.5) is 13.2 Å². The number of carbonyl (C=O) groups is 1. The first-order valence-electron chi connectivity index (χ1n) is 8.39. The third-order valence-corrected chi connectivity index (χ3v) is 4.72. The van der Waals surface area contributed by atoms with Gasteiger partial charge in [-0.05, 0) is 30.3 Å². The number of ether oxygens (including phenoxy) is 2. The maximum absolute atomic E-state index is 13.7. The quantitative estimate of drug-likeness (QED) is 0.690. The monoisotopic (exact) mass is 443 g/mol. The Bertz CT molecular complexity index is 826. The summed E-state index contributed by atoms with van der Waals surface area (Å²) in [5.74, 6) is -2.22. The van der Waals surface area contributed by atoms with Crippen molar-refractivity contribution in [3.63, 3.8) is 0 Å². The summed E-state index contributed by atoms with van der Waals surface area (Å²) in [5, 5.41) is 0. The maximum Gasteiger partial charge on any atom is 0.260 e. The van der Waals surface area contributed by atoms with Gasteiger partial charge in [0.1, 0.15) is 11.9 Å². The van der Waals surface area contributed by atoms with Crippen LogP contribution in [-0.4, -0.2) is 36.6 Å². The minimum Gasteiger partial charge on any atom is -0.487 e. The molecule has 1 fully saturated rings. The first-order chi connectivity index (χ1) is 12.9. The predicted molar refractivity (Wildman–Crippen MR) is 96.2 cm³/mol. The number of carbonyl (C=O) groups excluding carboxylic acids is 1. The van der Waals surface area contributed by atoms with Crippen LogP contribution in [0, 0.1) is 17.5 Å². The molecular formula is C19H17BrF3NO3. The fourth-order valence-corrected chi connectivity index (χ4v) is 3.13. The molecule has 0 atom stereocenters. The molecule has 1 amide bonds. The number of hydrogen-bond acceptors (Lipinski definition) is 3. The Kier molecular flexibility index (Phi) is 6.26. The van der Waals surface area contributed by atoms with Crippen LogP contribution < -0.4 is 9.47 Å². The molecule has 8 heteroatoms. The minimum atomic E-state index is -0.751. The van der Waals surface area contributed by atoms with Gasteiger partial charge in [0.05, 0.1) is 0 Å². The van der Waals surface area contributed by atoms with Gasteiger partial charge in [-0.2, -0.15) is 0 Å². The Labute approximate surface area is 163 Å². The average molecular weight is 444 g/mol. The number of nitrogens with zero attached hydrogens (tertiary/aromatic N) is 1. The summed E-state index contributed by atoms with van der Waals surface area (Å²) in [4.78, 5) is 13.8. The Morgan fingerprint density at radius 1 is 1.04 bits per heavy atom. The van der Waals surface area contributed by atoms with Crippen LogP contribution in [0.5, 0.6) is 11.5 Å². The molecule has 0 bridgehead atoms. The molecule has 0 unspecified atom stereocenters. The molecule has 1 heterocycles. The van der Waals surface area contributed by atoms with Crippen LogP contribution in [-0.2, 0) is 4.79 Å². The van der Waals surface area contributed by atoms with Crippen LogP contribution in [0.2, 0.25) is 0 Å². The molecule has 0 spiro atoms. The summed E-state index contributed by atoms with van der Waals surface area (Å²) >= 11 is 3.15. The van der Waals surface area contributed by atoms with Gasteiger partial charge in [-0.3, -0.25) is 4.79 Å². The third kappa shape index (κ3) is 5.15. The molecule has 2 aromatic rings. The van der Waals surface area contributed by atoms with Crippen LogP contribution in [0.3, 0.4) is 0 Å². The zero-order valence-electron chi connectivity index (χ0n) is 14.3. The van der Waals surface area contributed by atoms with Crippen molar-refractivity contribution in [1.82, 2.24) is 4.90 Å². The summed E-state index contributed by atoms with van der Waals surface area (Å²) in [6, 6.07) is 7.49. The highest BCUT2D eigenvalue weighted by Crippen LogP contribution is 2.24. The number of likely N-dealkylation sites (tertiary alicyclic amines) is 1. The maximum atomic E-state index is 13.7. The van der Waals surface area contributed by atoms with Gasteiger partial charge in [0.25, 0.3) is 5.91 Å². The predicted octanol–water partition coefficient (Wildman–Crippen LogP) is 4.32. The highest BCUT2D eigenvalue weighted by atomic mass is 79.9. The van der Waals surface area contributed by atoms with E-state index in [1.807, 2.05) is 0 Å². The van der Waals surface area contributed by atoms with Crippen molar-refractivity contribution in [1.29, 1.82) is 0 Å². The van der Waals surface area contributed by atoms with E-state index in [0.717, 1.165) is 12.1 Å². The molecule has 3 rings (SSSR count). The van der Waals surface area contributed by atoms with Gasteiger partial charge >= 0.3 is 0 Å². The molecule has 144 valence electrons. The lowest BCUT2D eigenvalue weighted by Gasteiger charge is -2.32. The van der Waals surface area contributed by atoms with E-state index in [9.17, 15) is 18.0 Å². The van der Waals surface area contributed by atoms with Crippen LogP contribution in [0.1, 0.15) is 12.8 Å². The second-order valence-electron chi connectivity index (χ2n) is 6.14. The molecule has 0 radical (unpaired) electrons. The van der Waals surface area contributed by atoms with E-state index in [1.165, 1.54) is 18.2 Å². The van der Waals surface area contributed by atoms with Crippen LogP contribution in [0.15, 0.2) is 40.9 Å². The van der Waals surface area contributed by atoms with E-state index in [2.05, 4.69) is 15.9 Å². The molecule has 1 aliphatic heterocycles. The Balaban J connectivity index is 1.47.